The third-order valence-corrected chi connectivity index (χ3v) is 2.20. The van der Waals surface area contributed by atoms with E-state index in [9.17, 15) is 0 Å². The Bertz CT molecular complexity index is 87.8. The molecule has 0 spiro atoms. The van der Waals surface area contributed by atoms with Crippen LogP contribution in [0.4, 0.5) is 0 Å². The predicted molar refractivity (Wildman–Crippen MR) is 42.7 cm³/mol. The second-order valence-corrected chi connectivity index (χ2v) is 3.51. The molecule has 0 aliphatic heterocycles. The lowest BCUT2D eigenvalue weighted by atomic mass is 10.1. The zero-order valence-corrected chi connectivity index (χ0v) is 7.31. The molecular weight excluding hydrogens is 175 g/mol. The third-order valence-electron chi connectivity index (χ3n) is 1.21. The first kappa shape index (κ1) is 10.5. The average Bonchev–Trinajstić information content (AvgIpc) is 1.87. The van der Waals surface area contributed by atoms with E-state index in [1.165, 1.54) is 0 Å². The Balaban J connectivity index is 3.46. The van der Waals surface area contributed by atoms with Gasteiger partial charge in [0.2, 0.25) is 0 Å². The van der Waals surface area contributed by atoms with E-state index in [2.05, 4.69) is 0 Å². The molecule has 0 aromatic carbocycles. The van der Waals surface area contributed by atoms with E-state index in [0.29, 0.717) is 6.42 Å². The number of aliphatic hydroxyl groups is 2. The van der Waals surface area contributed by atoms with Crippen LogP contribution >= 0.6 is 23.2 Å². The number of hydrogen-bond acceptors (Lipinski definition) is 2. The minimum atomic E-state index is -0.747. The molecule has 0 aliphatic carbocycles. The first-order valence-electron chi connectivity index (χ1n) is 3.15. The van der Waals surface area contributed by atoms with Gasteiger partial charge in [0, 0.05) is 5.38 Å². The van der Waals surface area contributed by atoms with Crippen molar-refractivity contribution in [1.29, 1.82) is 0 Å². The highest BCUT2D eigenvalue weighted by Crippen LogP contribution is 2.14. The van der Waals surface area contributed by atoms with Gasteiger partial charge in [-0.15, -0.1) is 23.2 Å². The molecule has 0 fully saturated rings. The monoisotopic (exact) mass is 186 g/mol. The van der Waals surface area contributed by atoms with Crippen molar-refractivity contribution in [2.45, 2.75) is 30.2 Å². The number of halogens is 2. The average molecular weight is 187 g/mol. The zero-order valence-electron chi connectivity index (χ0n) is 5.80. The molecule has 10 heavy (non-hydrogen) atoms. The molecule has 2 nitrogen and oxygen atoms in total. The van der Waals surface area contributed by atoms with Crippen molar-refractivity contribution in [2.24, 2.45) is 0 Å². The summed E-state index contributed by atoms with van der Waals surface area (Å²) < 4.78 is 0. The molecule has 0 rings (SSSR count). The van der Waals surface area contributed by atoms with Crippen LogP contribution in [0.25, 0.3) is 0 Å². The molecule has 0 aliphatic rings. The van der Waals surface area contributed by atoms with Crippen LogP contribution in [0.15, 0.2) is 0 Å². The van der Waals surface area contributed by atoms with Crippen molar-refractivity contribution < 1.29 is 10.2 Å². The van der Waals surface area contributed by atoms with E-state index in [1.807, 2.05) is 0 Å². The smallest absolute Gasteiger partial charge is 0.0785 e. The fourth-order valence-electron chi connectivity index (χ4n) is 0.522. The van der Waals surface area contributed by atoms with Crippen molar-refractivity contribution in [1.82, 2.24) is 0 Å². The van der Waals surface area contributed by atoms with E-state index in [-0.39, 0.29) is 17.4 Å². The van der Waals surface area contributed by atoms with Crippen LogP contribution in [0.2, 0.25) is 0 Å². The van der Waals surface area contributed by atoms with Crippen LogP contribution in [0, 0.1) is 0 Å². The summed E-state index contributed by atoms with van der Waals surface area (Å²) in [5.41, 5.74) is 0. The quantitative estimate of drug-likeness (QED) is 0.643. The third kappa shape index (κ3) is 4.34. The lowest BCUT2D eigenvalue weighted by molar-refractivity contribution is 0.0875. The summed E-state index contributed by atoms with van der Waals surface area (Å²) in [5.74, 6) is 0. The molecule has 0 aromatic rings. The molecule has 3 atom stereocenters. The molecule has 0 radical (unpaired) electrons. The van der Waals surface area contributed by atoms with Gasteiger partial charge in [0.25, 0.3) is 0 Å². The van der Waals surface area contributed by atoms with Gasteiger partial charge in [0.05, 0.1) is 18.1 Å². The second-order valence-electron chi connectivity index (χ2n) is 2.27. The first-order chi connectivity index (χ1) is 4.57. The molecule has 2 N–H and O–H groups in total. The summed E-state index contributed by atoms with van der Waals surface area (Å²) in [6, 6.07) is 0. The Morgan fingerprint density at radius 3 is 2.20 bits per heavy atom. The zero-order chi connectivity index (χ0) is 8.15. The first-order valence-corrected chi connectivity index (χ1v) is 4.02. The summed E-state index contributed by atoms with van der Waals surface area (Å²) in [6.45, 7) is 1.50. The van der Waals surface area contributed by atoms with Crippen LogP contribution in [0.1, 0.15) is 13.3 Å². The fourth-order valence-corrected chi connectivity index (χ4v) is 0.831. The van der Waals surface area contributed by atoms with Crippen molar-refractivity contribution in [3.05, 3.63) is 0 Å². The number of aliphatic hydroxyl groups excluding tert-OH is 2. The Labute approximate surface area is 70.8 Å². The van der Waals surface area contributed by atoms with Crippen molar-refractivity contribution in [3.63, 3.8) is 0 Å². The maximum absolute atomic E-state index is 8.88. The maximum atomic E-state index is 8.88. The summed E-state index contributed by atoms with van der Waals surface area (Å²) in [5, 5.41) is 16.8. The van der Waals surface area contributed by atoms with E-state index >= 15 is 0 Å². The number of hydrogen-bond donors (Lipinski definition) is 2. The predicted octanol–water partition coefficient (Wildman–Crippen LogP) is 0.964. The SMILES string of the molecule is CC(Cl)C(Cl)CC(O)CO. The highest BCUT2D eigenvalue weighted by atomic mass is 35.5. The van der Waals surface area contributed by atoms with Gasteiger partial charge in [0.15, 0.2) is 0 Å². The van der Waals surface area contributed by atoms with Crippen LogP contribution in [-0.4, -0.2) is 33.7 Å². The Kier molecular flexibility index (Phi) is 5.45. The summed E-state index contributed by atoms with van der Waals surface area (Å²) >= 11 is 11.3. The van der Waals surface area contributed by atoms with Crippen LogP contribution < -0.4 is 0 Å². The number of alkyl halides is 2. The molecule has 62 valence electrons. The minimum absolute atomic E-state index is 0.178. The van der Waals surface area contributed by atoms with Crippen molar-refractivity contribution >= 4 is 23.2 Å². The van der Waals surface area contributed by atoms with Crippen LogP contribution in [0.5, 0.6) is 0 Å². The molecule has 0 heterocycles. The lowest BCUT2D eigenvalue weighted by Gasteiger charge is -2.13. The van der Waals surface area contributed by atoms with E-state index in [0.717, 1.165) is 0 Å². The van der Waals surface area contributed by atoms with Gasteiger partial charge >= 0.3 is 0 Å². The van der Waals surface area contributed by atoms with Crippen LogP contribution in [0.3, 0.4) is 0 Å². The van der Waals surface area contributed by atoms with Gasteiger partial charge in [-0.25, -0.2) is 0 Å². The second kappa shape index (κ2) is 5.19. The van der Waals surface area contributed by atoms with Crippen molar-refractivity contribution in [3.8, 4) is 0 Å². The molecule has 3 unspecified atom stereocenters. The molecule has 4 heteroatoms. The van der Waals surface area contributed by atoms with Crippen molar-refractivity contribution in [2.75, 3.05) is 6.61 Å². The van der Waals surface area contributed by atoms with Gasteiger partial charge in [0.1, 0.15) is 0 Å². The molecule has 0 bridgehead atoms. The fraction of sp³-hybridized carbons (Fsp3) is 1.00. The highest BCUT2D eigenvalue weighted by Gasteiger charge is 2.15. The summed E-state index contributed by atoms with van der Waals surface area (Å²) in [4.78, 5) is 0. The van der Waals surface area contributed by atoms with Gasteiger partial charge in [-0.3, -0.25) is 0 Å². The summed E-state index contributed by atoms with van der Waals surface area (Å²) in [7, 11) is 0. The Morgan fingerprint density at radius 1 is 1.40 bits per heavy atom. The van der Waals surface area contributed by atoms with Crippen LogP contribution in [-0.2, 0) is 0 Å². The Hall–Kier alpha value is 0.500. The number of rotatable bonds is 4. The standard InChI is InChI=1S/C6H12Cl2O2/c1-4(7)6(8)2-5(10)3-9/h4-6,9-10H,2-3H2,1H3. The molecule has 0 saturated heterocycles. The lowest BCUT2D eigenvalue weighted by Crippen LogP contribution is -2.22. The van der Waals surface area contributed by atoms with Gasteiger partial charge < -0.3 is 10.2 Å². The molecular formula is C6H12Cl2O2. The molecule has 0 saturated carbocycles. The topological polar surface area (TPSA) is 40.5 Å². The highest BCUT2D eigenvalue weighted by molar-refractivity contribution is 6.29. The van der Waals surface area contributed by atoms with E-state index in [1.54, 1.807) is 6.92 Å². The summed E-state index contributed by atoms with van der Waals surface area (Å²) in [6.07, 6.45) is -0.411. The van der Waals surface area contributed by atoms with Gasteiger partial charge in [-0.2, -0.15) is 0 Å². The van der Waals surface area contributed by atoms with E-state index < -0.39 is 6.10 Å². The minimum Gasteiger partial charge on any atom is -0.394 e. The molecule has 0 aromatic heterocycles. The molecule has 0 amide bonds. The Morgan fingerprint density at radius 2 is 1.90 bits per heavy atom. The van der Waals surface area contributed by atoms with Gasteiger partial charge in [-0.1, -0.05) is 0 Å². The van der Waals surface area contributed by atoms with Gasteiger partial charge in [-0.05, 0) is 13.3 Å². The van der Waals surface area contributed by atoms with E-state index in [4.69, 9.17) is 33.4 Å². The largest absolute Gasteiger partial charge is 0.394 e. The normalized spacial score (nSPS) is 20.1. The maximum Gasteiger partial charge on any atom is 0.0785 e.